The van der Waals surface area contributed by atoms with Crippen molar-refractivity contribution in [1.29, 1.82) is 0 Å². The molecular weight excluding hydrogens is 304 g/mol. The molecule has 2 aliphatic heterocycles. The van der Waals surface area contributed by atoms with Crippen molar-refractivity contribution < 1.29 is 9.53 Å². The van der Waals surface area contributed by atoms with Crippen LogP contribution in [0.4, 0.5) is 0 Å². The zero-order chi connectivity index (χ0) is 16.9. The van der Waals surface area contributed by atoms with Crippen LogP contribution in [0.25, 0.3) is 0 Å². The Labute approximate surface area is 144 Å². The molecule has 0 saturated carbocycles. The third kappa shape index (κ3) is 4.24. The third-order valence-corrected chi connectivity index (χ3v) is 5.11. The number of ether oxygens (including phenoxy) is 1. The maximum atomic E-state index is 12.7. The van der Waals surface area contributed by atoms with Gasteiger partial charge in [-0.25, -0.2) is 4.98 Å². The van der Waals surface area contributed by atoms with Gasteiger partial charge in [-0.2, -0.15) is 0 Å². The van der Waals surface area contributed by atoms with Crippen LogP contribution in [0.2, 0.25) is 0 Å². The third-order valence-electron chi connectivity index (χ3n) is 5.11. The lowest BCUT2D eigenvalue weighted by Crippen LogP contribution is -2.49. The number of piperidine rings is 1. The van der Waals surface area contributed by atoms with Crippen molar-refractivity contribution in [3.8, 4) is 5.88 Å². The van der Waals surface area contributed by atoms with Gasteiger partial charge in [-0.15, -0.1) is 0 Å². The second-order valence-electron chi connectivity index (χ2n) is 6.95. The fourth-order valence-electron chi connectivity index (χ4n) is 3.60. The lowest BCUT2D eigenvalue weighted by Gasteiger charge is -2.38. The molecule has 0 spiro atoms. The molecule has 6 heteroatoms. The summed E-state index contributed by atoms with van der Waals surface area (Å²) in [4.78, 5) is 23.8. The molecule has 1 aromatic rings. The first-order chi connectivity index (χ1) is 11.7. The van der Waals surface area contributed by atoms with E-state index in [4.69, 9.17) is 4.74 Å². The highest BCUT2D eigenvalue weighted by Gasteiger charge is 2.27. The standard InChI is InChI=1S/C18H28N4O2/c1-20-8-10-21(11-9-20)13-15-4-3-7-22(14-15)18(23)16-5-6-17(24-2)19-12-16/h5-6,12,15H,3-4,7-11,13-14H2,1-2H3/t15-/m0/s1. The molecule has 0 unspecified atom stereocenters. The van der Waals surface area contributed by atoms with Gasteiger partial charge in [0.2, 0.25) is 5.88 Å². The summed E-state index contributed by atoms with van der Waals surface area (Å²) in [6.07, 6.45) is 3.93. The molecule has 2 aliphatic rings. The van der Waals surface area contributed by atoms with E-state index >= 15 is 0 Å². The topological polar surface area (TPSA) is 48.9 Å². The average Bonchev–Trinajstić information content (AvgIpc) is 2.63. The van der Waals surface area contributed by atoms with Gasteiger partial charge in [-0.05, 0) is 31.9 Å². The molecule has 1 amide bonds. The maximum absolute atomic E-state index is 12.7. The van der Waals surface area contributed by atoms with E-state index < -0.39 is 0 Å². The molecule has 0 N–H and O–H groups in total. The van der Waals surface area contributed by atoms with Gasteiger partial charge < -0.3 is 19.4 Å². The first-order valence-corrected chi connectivity index (χ1v) is 8.86. The van der Waals surface area contributed by atoms with Crippen LogP contribution in [0.15, 0.2) is 18.3 Å². The van der Waals surface area contributed by atoms with E-state index in [0.29, 0.717) is 17.4 Å². The molecule has 24 heavy (non-hydrogen) atoms. The number of hydrogen-bond donors (Lipinski definition) is 0. The Kier molecular flexibility index (Phi) is 5.68. The number of piperazine rings is 1. The van der Waals surface area contributed by atoms with Crippen LogP contribution in [-0.2, 0) is 0 Å². The zero-order valence-electron chi connectivity index (χ0n) is 14.8. The summed E-state index contributed by atoms with van der Waals surface area (Å²) in [5.41, 5.74) is 0.649. The van der Waals surface area contributed by atoms with E-state index in [2.05, 4.69) is 21.8 Å². The minimum atomic E-state index is 0.0910. The van der Waals surface area contributed by atoms with E-state index in [9.17, 15) is 4.79 Å². The van der Waals surface area contributed by atoms with Gasteiger partial charge in [-0.1, -0.05) is 0 Å². The SMILES string of the molecule is COc1ccc(C(=O)N2CCC[C@@H](CN3CCN(C)CC3)C2)cn1. The molecule has 132 valence electrons. The first kappa shape index (κ1) is 17.2. The number of amides is 1. The highest BCUT2D eigenvalue weighted by atomic mass is 16.5. The molecule has 3 heterocycles. The highest BCUT2D eigenvalue weighted by molar-refractivity contribution is 5.94. The quantitative estimate of drug-likeness (QED) is 0.829. The Bertz CT molecular complexity index is 540. The molecule has 2 saturated heterocycles. The summed E-state index contributed by atoms with van der Waals surface area (Å²) in [5, 5.41) is 0. The number of likely N-dealkylation sites (N-methyl/N-ethyl adjacent to an activating group) is 1. The summed E-state index contributed by atoms with van der Waals surface area (Å²) in [6, 6.07) is 3.55. The smallest absolute Gasteiger partial charge is 0.255 e. The van der Waals surface area contributed by atoms with Crippen LogP contribution in [0.3, 0.4) is 0 Å². The Hall–Kier alpha value is -1.66. The van der Waals surface area contributed by atoms with Crippen molar-refractivity contribution in [1.82, 2.24) is 19.7 Å². The predicted octanol–water partition coefficient (Wildman–Crippen LogP) is 1.19. The fourth-order valence-corrected chi connectivity index (χ4v) is 3.60. The molecule has 1 aromatic heterocycles. The lowest BCUT2D eigenvalue weighted by molar-refractivity contribution is 0.0609. The molecule has 2 fully saturated rings. The fraction of sp³-hybridized carbons (Fsp3) is 0.667. The van der Waals surface area contributed by atoms with Crippen LogP contribution in [-0.4, -0.2) is 85.6 Å². The summed E-state index contributed by atoms with van der Waals surface area (Å²) in [7, 11) is 3.76. The largest absolute Gasteiger partial charge is 0.481 e. The van der Waals surface area contributed by atoms with E-state index in [1.54, 1.807) is 25.4 Å². The minimum absolute atomic E-state index is 0.0910. The number of pyridine rings is 1. The minimum Gasteiger partial charge on any atom is -0.481 e. The zero-order valence-corrected chi connectivity index (χ0v) is 14.8. The van der Waals surface area contributed by atoms with E-state index in [1.165, 1.54) is 6.42 Å². The summed E-state index contributed by atoms with van der Waals surface area (Å²) < 4.78 is 5.06. The van der Waals surface area contributed by atoms with Gasteiger partial charge in [0.25, 0.3) is 5.91 Å². The number of likely N-dealkylation sites (tertiary alicyclic amines) is 1. The van der Waals surface area contributed by atoms with Gasteiger partial charge >= 0.3 is 0 Å². The van der Waals surface area contributed by atoms with Gasteiger partial charge in [-0.3, -0.25) is 4.79 Å². The number of nitrogens with zero attached hydrogens (tertiary/aromatic N) is 4. The molecule has 0 radical (unpaired) electrons. The van der Waals surface area contributed by atoms with Crippen molar-refractivity contribution in [3.05, 3.63) is 23.9 Å². The lowest BCUT2D eigenvalue weighted by atomic mass is 9.96. The average molecular weight is 332 g/mol. The van der Waals surface area contributed by atoms with Crippen molar-refractivity contribution in [3.63, 3.8) is 0 Å². The molecule has 6 nitrogen and oxygen atoms in total. The summed E-state index contributed by atoms with van der Waals surface area (Å²) in [6.45, 7) is 7.40. The number of rotatable bonds is 4. The van der Waals surface area contributed by atoms with Crippen LogP contribution in [0.1, 0.15) is 23.2 Å². The predicted molar refractivity (Wildman–Crippen MR) is 93.4 cm³/mol. The number of methoxy groups -OCH3 is 1. The Balaban J connectivity index is 1.55. The Morgan fingerprint density at radius 2 is 2.04 bits per heavy atom. The van der Waals surface area contributed by atoms with Gasteiger partial charge in [0, 0.05) is 58.1 Å². The van der Waals surface area contributed by atoms with Crippen molar-refractivity contribution in [2.45, 2.75) is 12.8 Å². The van der Waals surface area contributed by atoms with Crippen LogP contribution >= 0.6 is 0 Å². The Morgan fingerprint density at radius 1 is 1.25 bits per heavy atom. The number of carbonyl (C=O) groups excluding carboxylic acids is 1. The second-order valence-corrected chi connectivity index (χ2v) is 6.95. The summed E-state index contributed by atoms with van der Waals surface area (Å²) in [5.74, 6) is 1.21. The van der Waals surface area contributed by atoms with E-state index in [0.717, 1.165) is 52.2 Å². The number of carbonyl (C=O) groups is 1. The molecule has 1 atom stereocenters. The van der Waals surface area contributed by atoms with E-state index in [-0.39, 0.29) is 5.91 Å². The maximum Gasteiger partial charge on any atom is 0.255 e. The van der Waals surface area contributed by atoms with Gasteiger partial charge in [0.05, 0.1) is 12.7 Å². The molecular formula is C18H28N4O2. The Morgan fingerprint density at radius 3 is 2.71 bits per heavy atom. The van der Waals surface area contributed by atoms with Crippen LogP contribution in [0.5, 0.6) is 5.88 Å². The monoisotopic (exact) mass is 332 g/mol. The van der Waals surface area contributed by atoms with Crippen LogP contribution < -0.4 is 4.74 Å². The molecule has 0 aromatic carbocycles. The molecule has 3 rings (SSSR count). The van der Waals surface area contributed by atoms with E-state index in [1.807, 2.05) is 4.90 Å². The highest BCUT2D eigenvalue weighted by Crippen LogP contribution is 2.20. The number of aromatic nitrogens is 1. The second kappa shape index (κ2) is 7.94. The van der Waals surface area contributed by atoms with Gasteiger partial charge in [0.1, 0.15) is 0 Å². The van der Waals surface area contributed by atoms with Crippen molar-refractivity contribution in [2.75, 3.05) is 60.0 Å². The normalized spacial score (nSPS) is 23.2. The molecule has 0 aliphatic carbocycles. The number of hydrogen-bond acceptors (Lipinski definition) is 5. The summed E-state index contributed by atoms with van der Waals surface area (Å²) >= 11 is 0. The van der Waals surface area contributed by atoms with Crippen molar-refractivity contribution >= 4 is 5.91 Å². The van der Waals surface area contributed by atoms with Gasteiger partial charge in [0.15, 0.2) is 0 Å². The first-order valence-electron chi connectivity index (χ1n) is 8.86. The van der Waals surface area contributed by atoms with Crippen LogP contribution in [0, 0.1) is 5.92 Å². The van der Waals surface area contributed by atoms with Crippen molar-refractivity contribution in [2.24, 2.45) is 5.92 Å². The molecule has 0 bridgehead atoms.